The van der Waals surface area contributed by atoms with Crippen molar-refractivity contribution in [2.45, 2.75) is 13.2 Å². The summed E-state index contributed by atoms with van der Waals surface area (Å²) in [5.74, 6) is 0. The normalized spacial score (nSPS) is 11.6. The summed E-state index contributed by atoms with van der Waals surface area (Å²) in [7, 11) is -2.25. The van der Waals surface area contributed by atoms with Gasteiger partial charge in [-0.05, 0) is 39.3 Å². The van der Waals surface area contributed by atoms with Gasteiger partial charge in [0.1, 0.15) is 0 Å². The first-order chi connectivity index (χ1) is 12.8. The third kappa shape index (κ3) is 3.34. The predicted octanol–water partition coefficient (Wildman–Crippen LogP) is 4.75. The molecule has 2 heteroatoms. The molecule has 0 aliphatic rings. The van der Waals surface area contributed by atoms with Crippen LogP contribution >= 0.6 is 0 Å². The van der Waals surface area contributed by atoms with Gasteiger partial charge in [0.25, 0.3) is 8.32 Å². The molecule has 1 nitrogen and oxygen atoms in total. The largest absolute Gasteiger partial charge is 0.404 e. The topological polar surface area (TPSA) is 9.23 Å². The molecule has 0 bridgehead atoms. The van der Waals surface area contributed by atoms with Crippen molar-refractivity contribution < 1.29 is 4.43 Å². The molecule has 0 amide bonds. The minimum absolute atomic E-state index is 0.622. The fourth-order valence-electron chi connectivity index (χ4n) is 3.40. The summed E-state index contributed by atoms with van der Waals surface area (Å²) in [6.07, 6.45) is 0. The maximum Gasteiger partial charge on any atom is 0.253 e. The Morgan fingerprint density at radius 3 is 1.77 bits per heavy atom. The van der Waals surface area contributed by atoms with Gasteiger partial charge in [0.15, 0.2) is 0 Å². The second-order valence-electron chi connectivity index (χ2n) is 6.74. The van der Waals surface area contributed by atoms with Crippen molar-refractivity contribution in [3.8, 4) is 0 Å². The highest BCUT2D eigenvalue weighted by Crippen LogP contribution is 2.18. The molecule has 0 aliphatic heterocycles. The predicted molar refractivity (Wildman–Crippen MR) is 113 cm³/mol. The van der Waals surface area contributed by atoms with Gasteiger partial charge in [0.05, 0.1) is 6.61 Å². The summed E-state index contributed by atoms with van der Waals surface area (Å²) in [5.41, 5.74) is 1.22. The third-order valence-electron chi connectivity index (χ3n) is 4.99. The molecule has 0 saturated carbocycles. The summed E-state index contributed by atoms with van der Waals surface area (Å²) in [6.45, 7) is 2.91. The molecule has 128 valence electrons. The van der Waals surface area contributed by atoms with E-state index in [9.17, 15) is 0 Å². The van der Waals surface area contributed by atoms with Gasteiger partial charge < -0.3 is 4.43 Å². The van der Waals surface area contributed by atoms with Crippen LogP contribution in [0.4, 0.5) is 0 Å². The van der Waals surface area contributed by atoms with Gasteiger partial charge in [-0.25, -0.2) is 0 Å². The lowest BCUT2D eigenvalue weighted by atomic mass is 10.1. The Hall–Kier alpha value is -2.68. The van der Waals surface area contributed by atoms with E-state index in [2.05, 4.69) is 110 Å². The molecule has 0 spiro atoms. The molecule has 26 heavy (non-hydrogen) atoms. The zero-order valence-corrected chi connectivity index (χ0v) is 15.9. The summed E-state index contributed by atoms with van der Waals surface area (Å²) >= 11 is 0. The van der Waals surface area contributed by atoms with Crippen LogP contribution in [-0.4, -0.2) is 8.32 Å². The number of hydrogen-bond acceptors (Lipinski definition) is 1. The molecule has 0 aromatic heterocycles. The number of fused-ring (bicyclic) bond motifs is 1. The van der Waals surface area contributed by atoms with Gasteiger partial charge in [-0.2, -0.15) is 0 Å². The van der Waals surface area contributed by atoms with Crippen LogP contribution in [0, 0.1) is 0 Å². The summed E-state index contributed by atoms with van der Waals surface area (Å²) in [5, 5.41) is 5.12. The van der Waals surface area contributed by atoms with Gasteiger partial charge in [0.2, 0.25) is 0 Å². The molecule has 4 aromatic carbocycles. The maximum absolute atomic E-state index is 6.68. The van der Waals surface area contributed by atoms with Gasteiger partial charge in [-0.3, -0.25) is 0 Å². The molecule has 0 N–H and O–H groups in total. The molecular weight excluding hydrogens is 332 g/mol. The minimum atomic E-state index is -2.25. The lowest BCUT2D eigenvalue weighted by molar-refractivity contribution is 0.308. The van der Waals surface area contributed by atoms with Crippen LogP contribution in [0.2, 0.25) is 6.55 Å². The average Bonchev–Trinajstić information content (AvgIpc) is 2.73. The first-order valence-electron chi connectivity index (χ1n) is 8.98. The standard InChI is InChI=1S/C24H22OSi/c1-26(23-12-4-2-5-13-23,24-14-6-3-7-15-24)25-19-20-16-17-21-10-8-9-11-22(21)18-20/h2-18H,19H2,1H3. The maximum atomic E-state index is 6.68. The van der Waals surface area contributed by atoms with Gasteiger partial charge in [-0.15, -0.1) is 0 Å². The third-order valence-corrected chi connectivity index (χ3v) is 8.58. The van der Waals surface area contributed by atoms with E-state index in [1.165, 1.54) is 26.7 Å². The Morgan fingerprint density at radius 1 is 0.615 bits per heavy atom. The van der Waals surface area contributed by atoms with Crippen LogP contribution in [0.15, 0.2) is 103 Å². The molecule has 0 fully saturated rings. The van der Waals surface area contributed by atoms with E-state index in [0.717, 1.165) is 0 Å². The highest BCUT2D eigenvalue weighted by molar-refractivity contribution is 6.96. The minimum Gasteiger partial charge on any atom is -0.404 e. The highest BCUT2D eigenvalue weighted by Gasteiger charge is 2.33. The highest BCUT2D eigenvalue weighted by atomic mass is 28.4. The van der Waals surface area contributed by atoms with Crippen molar-refractivity contribution in [1.82, 2.24) is 0 Å². The fourth-order valence-corrected chi connectivity index (χ4v) is 6.18. The van der Waals surface area contributed by atoms with Crippen LogP contribution in [0.5, 0.6) is 0 Å². The van der Waals surface area contributed by atoms with Gasteiger partial charge >= 0.3 is 0 Å². The molecular formula is C24H22OSi. The van der Waals surface area contributed by atoms with Crippen LogP contribution in [0.1, 0.15) is 5.56 Å². The van der Waals surface area contributed by atoms with Crippen molar-refractivity contribution in [3.05, 3.63) is 109 Å². The van der Waals surface area contributed by atoms with Crippen molar-refractivity contribution in [2.24, 2.45) is 0 Å². The Kier molecular flexibility index (Phi) is 4.70. The van der Waals surface area contributed by atoms with E-state index in [-0.39, 0.29) is 0 Å². The number of hydrogen-bond donors (Lipinski definition) is 0. The number of rotatable bonds is 5. The zero-order chi connectivity index (χ0) is 17.8. The lowest BCUT2D eigenvalue weighted by Crippen LogP contribution is -2.58. The monoisotopic (exact) mass is 354 g/mol. The van der Waals surface area contributed by atoms with E-state index >= 15 is 0 Å². The van der Waals surface area contributed by atoms with Crippen molar-refractivity contribution in [3.63, 3.8) is 0 Å². The van der Waals surface area contributed by atoms with E-state index in [0.29, 0.717) is 6.61 Å². The van der Waals surface area contributed by atoms with Crippen LogP contribution in [0.3, 0.4) is 0 Å². The molecule has 0 aliphatic carbocycles. The van der Waals surface area contributed by atoms with Gasteiger partial charge in [0, 0.05) is 0 Å². The lowest BCUT2D eigenvalue weighted by Gasteiger charge is -2.28. The average molecular weight is 355 g/mol. The summed E-state index contributed by atoms with van der Waals surface area (Å²) in [4.78, 5) is 0. The van der Waals surface area contributed by atoms with Crippen molar-refractivity contribution in [1.29, 1.82) is 0 Å². The Morgan fingerprint density at radius 2 is 1.15 bits per heavy atom. The quantitative estimate of drug-likeness (QED) is 0.470. The van der Waals surface area contributed by atoms with Crippen LogP contribution in [0.25, 0.3) is 10.8 Å². The first kappa shape index (κ1) is 16.8. The number of benzene rings is 4. The van der Waals surface area contributed by atoms with Crippen molar-refractivity contribution >= 4 is 29.5 Å². The van der Waals surface area contributed by atoms with E-state index in [1.807, 2.05) is 0 Å². The molecule has 0 saturated heterocycles. The molecule has 0 atom stereocenters. The molecule has 0 radical (unpaired) electrons. The van der Waals surface area contributed by atoms with E-state index in [4.69, 9.17) is 4.43 Å². The Labute approximate surface area is 156 Å². The second-order valence-corrected chi connectivity index (χ2v) is 10.2. The van der Waals surface area contributed by atoms with E-state index < -0.39 is 8.32 Å². The molecule has 4 aromatic rings. The van der Waals surface area contributed by atoms with Crippen LogP contribution < -0.4 is 10.4 Å². The molecule has 4 rings (SSSR count). The molecule has 0 unspecified atom stereocenters. The van der Waals surface area contributed by atoms with E-state index in [1.54, 1.807) is 0 Å². The Bertz CT molecular complexity index is 957. The Balaban J connectivity index is 1.66. The summed E-state index contributed by atoms with van der Waals surface area (Å²) in [6, 6.07) is 36.4. The first-order valence-corrected chi connectivity index (χ1v) is 11.4. The fraction of sp³-hybridized carbons (Fsp3) is 0.0833. The smallest absolute Gasteiger partial charge is 0.253 e. The SMILES string of the molecule is C[Si](OCc1ccc2ccccc2c1)(c1ccccc1)c1ccccc1. The van der Waals surface area contributed by atoms with Crippen molar-refractivity contribution in [2.75, 3.05) is 0 Å². The van der Waals surface area contributed by atoms with Crippen LogP contribution in [-0.2, 0) is 11.0 Å². The summed E-state index contributed by atoms with van der Waals surface area (Å²) < 4.78 is 6.68. The van der Waals surface area contributed by atoms with Gasteiger partial charge in [-0.1, -0.05) is 97.1 Å². The molecule has 0 heterocycles. The zero-order valence-electron chi connectivity index (χ0n) is 14.9. The second kappa shape index (κ2) is 7.28.